The van der Waals surface area contributed by atoms with Gasteiger partial charge >= 0.3 is 5.97 Å². The second-order valence-electron chi connectivity index (χ2n) is 5.34. The molecule has 0 aliphatic heterocycles. The Balaban J connectivity index is 0. The highest BCUT2D eigenvalue weighted by atomic mass is 79.9. The van der Waals surface area contributed by atoms with Gasteiger partial charge in [-0.25, -0.2) is 0 Å². The zero-order valence-electron chi connectivity index (χ0n) is 12.6. The number of nitrogens with zero attached hydrogens (tertiary/aromatic N) is 1. The molecule has 0 unspecified atom stereocenters. The molecule has 0 rings (SSSR count). The summed E-state index contributed by atoms with van der Waals surface area (Å²) in [5.74, 6) is 0.0826. The lowest BCUT2D eigenvalue weighted by atomic mass is 10.2. The highest BCUT2D eigenvalue weighted by Crippen LogP contribution is 1.98. The molecule has 0 aromatic heterocycles. The Hall–Kier alpha value is -0.310. The van der Waals surface area contributed by atoms with E-state index in [1.807, 2.05) is 27.4 Å². The van der Waals surface area contributed by atoms with E-state index in [4.69, 9.17) is 10.5 Å². The Morgan fingerprint density at radius 1 is 1.35 bits per heavy atom. The third-order valence-corrected chi connectivity index (χ3v) is 3.05. The van der Waals surface area contributed by atoms with Crippen LogP contribution in [-0.4, -0.2) is 75.2 Å². The maximum absolute atomic E-state index is 11.5. The fraction of sp³-hybridized carbons (Fsp3) is 0.833. The van der Waals surface area contributed by atoms with Crippen molar-refractivity contribution in [1.29, 1.82) is 0 Å². The average Bonchev–Trinajstić information content (AvgIpc) is 2.31. The Bertz CT molecular complexity index is 298. The van der Waals surface area contributed by atoms with Crippen LogP contribution < -0.4 is 28.0 Å². The second-order valence-corrected chi connectivity index (χ2v) is 6.33. The van der Waals surface area contributed by atoms with E-state index in [-0.39, 0.29) is 29.4 Å². The molecule has 3 N–H and O–H groups in total. The van der Waals surface area contributed by atoms with Crippen LogP contribution in [0.5, 0.6) is 0 Å². The van der Waals surface area contributed by atoms with Crippen molar-refractivity contribution in [3.8, 4) is 0 Å². The number of thioether (sulfide) groups is 1. The molecule has 0 heterocycles. The second kappa shape index (κ2) is 11.4. The summed E-state index contributed by atoms with van der Waals surface area (Å²) in [6.45, 7) is 0.951. The van der Waals surface area contributed by atoms with E-state index in [0.717, 1.165) is 16.8 Å². The fourth-order valence-corrected chi connectivity index (χ4v) is 1.64. The number of nitrogens with one attached hydrogen (secondary N) is 1. The highest BCUT2D eigenvalue weighted by molar-refractivity contribution is 7.98. The summed E-state index contributed by atoms with van der Waals surface area (Å²) < 4.78 is 5.74. The Labute approximate surface area is 136 Å². The molecule has 1 amide bonds. The maximum Gasteiger partial charge on any atom is 0.325 e. The Kier molecular flexibility index (Phi) is 12.5. The molecule has 0 radical (unpaired) electrons. The van der Waals surface area contributed by atoms with Crippen molar-refractivity contribution in [2.75, 3.05) is 52.8 Å². The summed E-state index contributed by atoms with van der Waals surface area (Å²) in [6.07, 6.45) is 2.55. The zero-order chi connectivity index (χ0) is 14.9. The largest absolute Gasteiger partial charge is 1.00 e. The minimum atomic E-state index is -0.563. The third-order valence-electron chi connectivity index (χ3n) is 2.40. The standard InChI is InChI=1S/C12H25N3O3S.BrH/c1-15(2,3)6-7-18-11(16)9-14-12(17)10(13)5-8-19-4;/h10H,5-9,13H2,1-4H3;1H/t10-;/m0./s1. The van der Waals surface area contributed by atoms with Crippen molar-refractivity contribution in [3.05, 3.63) is 0 Å². The lowest BCUT2D eigenvalue weighted by Gasteiger charge is -2.23. The van der Waals surface area contributed by atoms with Gasteiger partial charge in [0.1, 0.15) is 19.7 Å². The van der Waals surface area contributed by atoms with Crippen LogP contribution >= 0.6 is 11.8 Å². The summed E-state index contributed by atoms with van der Waals surface area (Å²) >= 11 is 1.63. The highest BCUT2D eigenvalue weighted by Gasteiger charge is 2.15. The minimum absolute atomic E-state index is 0. The number of nitrogens with two attached hydrogens (primary N) is 1. The van der Waals surface area contributed by atoms with Crippen molar-refractivity contribution in [2.24, 2.45) is 5.73 Å². The van der Waals surface area contributed by atoms with Gasteiger partial charge in [-0.05, 0) is 18.4 Å². The van der Waals surface area contributed by atoms with Crippen molar-refractivity contribution in [2.45, 2.75) is 12.5 Å². The molecule has 0 spiro atoms. The van der Waals surface area contributed by atoms with E-state index in [1.54, 1.807) is 11.8 Å². The molecule has 120 valence electrons. The van der Waals surface area contributed by atoms with E-state index < -0.39 is 12.0 Å². The molecule has 0 aliphatic carbocycles. The molecule has 0 saturated carbocycles. The van der Waals surface area contributed by atoms with Gasteiger partial charge in [0.25, 0.3) is 0 Å². The Morgan fingerprint density at radius 2 is 1.95 bits per heavy atom. The van der Waals surface area contributed by atoms with Crippen molar-refractivity contribution < 1.29 is 35.8 Å². The van der Waals surface area contributed by atoms with Gasteiger partial charge in [-0.2, -0.15) is 11.8 Å². The van der Waals surface area contributed by atoms with Crippen molar-refractivity contribution in [3.63, 3.8) is 0 Å². The molecule has 0 aromatic carbocycles. The maximum atomic E-state index is 11.5. The first kappa shape index (κ1) is 22.0. The predicted octanol–water partition coefficient (Wildman–Crippen LogP) is -3.56. The monoisotopic (exact) mass is 371 g/mol. The van der Waals surface area contributed by atoms with Gasteiger partial charge in [-0.15, -0.1) is 0 Å². The number of amides is 1. The molecule has 8 heteroatoms. The molecule has 0 fully saturated rings. The van der Waals surface area contributed by atoms with Crippen LogP contribution in [0.25, 0.3) is 0 Å². The average molecular weight is 372 g/mol. The van der Waals surface area contributed by atoms with Crippen molar-refractivity contribution in [1.82, 2.24) is 5.32 Å². The van der Waals surface area contributed by atoms with Gasteiger partial charge < -0.3 is 37.3 Å². The van der Waals surface area contributed by atoms with Gasteiger partial charge in [-0.1, -0.05) is 0 Å². The molecular weight excluding hydrogens is 346 g/mol. The minimum Gasteiger partial charge on any atom is -1.00 e. The van der Waals surface area contributed by atoms with Crippen LogP contribution in [0.3, 0.4) is 0 Å². The predicted molar refractivity (Wildman–Crippen MR) is 77.8 cm³/mol. The lowest BCUT2D eigenvalue weighted by molar-refractivity contribution is -0.870. The van der Waals surface area contributed by atoms with Gasteiger partial charge in [0.05, 0.1) is 27.2 Å². The molecule has 1 atom stereocenters. The molecule has 6 nitrogen and oxygen atoms in total. The number of carbonyl (C=O) groups is 2. The van der Waals surface area contributed by atoms with E-state index in [1.165, 1.54) is 0 Å². The number of esters is 1. The molecule has 0 aliphatic rings. The fourth-order valence-electron chi connectivity index (χ4n) is 1.15. The summed E-state index contributed by atoms with van der Waals surface area (Å²) in [7, 11) is 6.04. The van der Waals surface area contributed by atoms with Gasteiger partial charge in [-0.3, -0.25) is 9.59 Å². The normalized spacial score (nSPS) is 12.2. The molecule has 20 heavy (non-hydrogen) atoms. The Morgan fingerprint density at radius 3 is 2.45 bits per heavy atom. The van der Waals surface area contributed by atoms with Crippen LogP contribution in [0, 0.1) is 0 Å². The SMILES string of the molecule is CSCC[C@H](N)C(=O)NCC(=O)OCC[N+](C)(C)C.[Br-]. The van der Waals surface area contributed by atoms with E-state index in [9.17, 15) is 9.59 Å². The van der Waals surface area contributed by atoms with E-state index in [2.05, 4.69) is 5.32 Å². The number of rotatable bonds is 9. The van der Waals surface area contributed by atoms with Gasteiger partial charge in [0.2, 0.25) is 5.91 Å². The van der Waals surface area contributed by atoms with Crippen LogP contribution in [0.1, 0.15) is 6.42 Å². The zero-order valence-corrected chi connectivity index (χ0v) is 15.1. The van der Waals surface area contributed by atoms with Crippen molar-refractivity contribution >= 4 is 23.6 Å². The number of hydrogen-bond donors (Lipinski definition) is 2. The number of likely N-dealkylation sites (N-methyl/N-ethyl adjacent to an activating group) is 1. The first-order valence-electron chi connectivity index (χ1n) is 6.24. The van der Waals surface area contributed by atoms with Crippen LogP contribution in [-0.2, 0) is 14.3 Å². The summed E-state index contributed by atoms with van der Waals surface area (Å²) in [5, 5.41) is 2.49. The molecule has 0 bridgehead atoms. The summed E-state index contributed by atoms with van der Waals surface area (Å²) in [6, 6.07) is -0.563. The number of carbonyl (C=O) groups excluding carboxylic acids is 2. The van der Waals surface area contributed by atoms with Gasteiger partial charge in [0.15, 0.2) is 0 Å². The molecule has 0 aromatic rings. The molecular formula is C12H26BrN3O3S. The summed E-state index contributed by atoms with van der Waals surface area (Å²) in [5.41, 5.74) is 5.67. The van der Waals surface area contributed by atoms with Crippen LogP contribution in [0.4, 0.5) is 0 Å². The van der Waals surface area contributed by atoms with Crippen LogP contribution in [0.15, 0.2) is 0 Å². The first-order chi connectivity index (χ1) is 8.76. The lowest BCUT2D eigenvalue weighted by Crippen LogP contribution is -3.00. The van der Waals surface area contributed by atoms with Crippen LogP contribution in [0.2, 0.25) is 0 Å². The first-order valence-corrected chi connectivity index (χ1v) is 7.64. The number of halogens is 1. The number of ether oxygens (including phenoxy) is 1. The van der Waals surface area contributed by atoms with E-state index in [0.29, 0.717) is 13.0 Å². The van der Waals surface area contributed by atoms with E-state index >= 15 is 0 Å². The number of hydrogen-bond acceptors (Lipinski definition) is 5. The number of quaternary nitrogens is 1. The topological polar surface area (TPSA) is 81.4 Å². The quantitative estimate of drug-likeness (QED) is 0.323. The smallest absolute Gasteiger partial charge is 0.325 e. The third kappa shape index (κ3) is 12.7. The summed E-state index contributed by atoms with van der Waals surface area (Å²) in [4.78, 5) is 22.9. The molecule has 0 saturated heterocycles. The van der Waals surface area contributed by atoms with Gasteiger partial charge in [0, 0.05) is 0 Å².